The van der Waals surface area contributed by atoms with E-state index < -0.39 is 0 Å². The van der Waals surface area contributed by atoms with Gasteiger partial charge in [-0.15, -0.1) is 0 Å². The monoisotopic (exact) mass is 201 g/mol. The van der Waals surface area contributed by atoms with Crippen LogP contribution < -0.4 is 11.1 Å². The predicted molar refractivity (Wildman–Crippen MR) is 58.7 cm³/mol. The Morgan fingerprint density at radius 3 is 2.60 bits per heavy atom. The van der Waals surface area contributed by atoms with Crippen LogP contribution in [-0.2, 0) is 0 Å². The standard InChI is InChI=1S/C10H11N5/c1-7-2-8(11)3-14-10(7)15-9-4-12-6-13-5-9/h2-6H,11H2,1H3,(H,14,15). The summed E-state index contributed by atoms with van der Waals surface area (Å²) in [5.41, 5.74) is 8.05. The lowest BCUT2D eigenvalue weighted by Gasteiger charge is -2.07. The number of nitrogens with zero attached hydrogens (tertiary/aromatic N) is 3. The van der Waals surface area contributed by atoms with Gasteiger partial charge in [-0.3, -0.25) is 0 Å². The highest BCUT2D eigenvalue weighted by molar-refractivity contribution is 5.59. The molecular formula is C10H11N5. The van der Waals surface area contributed by atoms with Crippen molar-refractivity contribution in [2.75, 3.05) is 11.1 Å². The summed E-state index contributed by atoms with van der Waals surface area (Å²) in [5.74, 6) is 0.763. The molecule has 0 aromatic carbocycles. The van der Waals surface area contributed by atoms with Gasteiger partial charge in [0.2, 0.25) is 0 Å². The molecule has 0 saturated heterocycles. The van der Waals surface area contributed by atoms with E-state index in [-0.39, 0.29) is 0 Å². The average molecular weight is 201 g/mol. The number of nitrogens with one attached hydrogen (secondary N) is 1. The topological polar surface area (TPSA) is 76.7 Å². The summed E-state index contributed by atoms with van der Waals surface area (Å²) >= 11 is 0. The fraction of sp³-hybridized carbons (Fsp3) is 0.100. The Balaban J connectivity index is 2.25. The third-order valence-corrected chi connectivity index (χ3v) is 1.92. The highest BCUT2D eigenvalue weighted by Crippen LogP contribution is 2.17. The molecule has 2 heterocycles. The molecule has 0 atom stereocenters. The molecule has 0 saturated carbocycles. The first-order valence-corrected chi connectivity index (χ1v) is 4.50. The van der Waals surface area contributed by atoms with Gasteiger partial charge in [-0.25, -0.2) is 15.0 Å². The lowest BCUT2D eigenvalue weighted by molar-refractivity contribution is 1.16. The van der Waals surface area contributed by atoms with Crippen LogP contribution in [0.3, 0.4) is 0 Å². The average Bonchev–Trinajstić information content (AvgIpc) is 2.24. The van der Waals surface area contributed by atoms with Crippen molar-refractivity contribution in [3.63, 3.8) is 0 Å². The van der Waals surface area contributed by atoms with E-state index in [1.54, 1.807) is 18.6 Å². The molecule has 5 heteroatoms. The van der Waals surface area contributed by atoms with E-state index in [1.165, 1.54) is 6.33 Å². The minimum Gasteiger partial charge on any atom is -0.397 e. The molecule has 2 aromatic heterocycles. The van der Waals surface area contributed by atoms with Gasteiger partial charge in [-0.05, 0) is 18.6 Å². The molecule has 2 rings (SSSR count). The molecule has 5 nitrogen and oxygen atoms in total. The van der Waals surface area contributed by atoms with Crippen LogP contribution in [0.15, 0.2) is 31.0 Å². The summed E-state index contributed by atoms with van der Waals surface area (Å²) in [7, 11) is 0. The predicted octanol–water partition coefficient (Wildman–Crippen LogP) is 1.51. The first-order chi connectivity index (χ1) is 7.25. The first kappa shape index (κ1) is 9.39. The van der Waals surface area contributed by atoms with Crippen LogP contribution >= 0.6 is 0 Å². The van der Waals surface area contributed by atoms with Crippen molar-refractivity contribution < 1.29 is 0 Å². The number of hydrogen-bond donors (Lipinski definition) is 2. The summed E-state index contributed by atoms with van der Waals surface area (Å²) in [4.78, 5) is 12.0. The maximum Gasteiger partial charge on any atom is 0.133 e. The van der Waals surface area contributed by atoms with Gasteiger partial charge >= 0.3 is 0 Å². The van der Waals surface area contributed by atoms with Gasteiger partial charge in [0.15, 0.2) is 0 Å². The van der Waals surface area contributed by atoms with Crippen LogP contribution in [0, 0.1) is 6.92 Å². The van der Waals surface area contributed by atoms with Crippen molar-refractivity contribution in [3.05, 3.63) is 36.5 Å². The number of rotatable bonds is 2. The molecule has 0 unspecified atom stereocenters. The summed E-state index contributed by atoms with van der Waals surface area (Å²) in [6, 6.07) is 1.86. The zero-order chi connectivity index (χ0) is 10.7. The van der Waals surface area contributed by atoms with Crippen molar-refractivity contribution in [3.8, 4) is 0 Å². The molecule has 0 radical (unpaired) electrons. The van der Waals surface area contributed by atoms with Gasteiger partial charge < -0.3 is 11.1 Å². The second-order valence-electron chi connectivity index (χ2n) is 3.19. The molecule has 0 spiro atoms. The number of pyridine rings is 1. The molecule has 2 aromatic rings. The molecule has 0 amide bonds. The van der Waals surface area contributed by atoms with Gasteiger partial charge in [-0.1, -0.05) is 0 Å². The summed E-state index contributed by atoms with van der Waals surface area (Å²) in [6.45, 7) is 1.94. The van der Waals surface area contributed by atoms with Gasteiger partial charge in [0.25, 0.3) is 0 Å². The number of aromatic nitrogens is 3. The van der Waals surface area contributed by atoms with E-state index in [2.05, 4.69) is 20.3 Å². The van der Waals surface area contributed by atoms with Gasteiger partial charge in [0, 0.05) is 0 Å². The quantitative estimate of drug-likeness (QED) is 0.770. The van der Waals surface area contributed by atoms with Crippen molar-refractivity contribution in [1.82, 2.24) is 15.0 Å². The summed E-state index contributed by atoms with van der Waals surface area (Å²) in [6.07, 6.45) is 6.46. The summed E-state index contributed by atoms with van der Waals surface area (Å²) in [5, 5.41) is 3.11. The SMILES string of the molecule is Cc1cc(N)cnc1Nc1cncnc1. The zero-order valence-electron chi connectivity index (χ0n) is 8.31. The number of anilines is 3. The van der Waals surface area contributed by atoms with E-state index >= 15 is 0 Å². The molecule has 0 fully saturated rings. The van der Waals surface area contributed by atoms with Crippen LogP contribution in [0.5, 0.6) is 0 Å². The third-order valence-electron chi connectivity index (χ3n) is 1.92. The van der Waals surface area contributed by atoms with Gasteiger partial charge in [0.05, 0.1) is 30.0 Å². The number of hydrogen-bond acceptors (Lipinski definition) is 5. The van der Waals surface area contributed by atoms with E-state index in [0.29, 0.717) is 5.69 Å². The van der Waals surface area contributed by atoms with E-state index in [0.717, 1.165) is 17.1 Å². The highest BCUT2D eigenvalue weighted by atomic mass is 15.0. The first-order valence-electron chi connectivity index (χ1n) is 4.50. The van der Waals surface area contributed by atoms with E-state index in [4.69, 9.17) is 5.73 Å². The molecule has 3 N–H and O–H groups in total. The fourth-order valence-electron chi connectivity index (χ4n) is 1.23. The van der Waals surface area contributed by atoms with Crippen molar-refractivity contribution >= 4 is 17.2 Å². The molecule has 0 bridgehead atoms. The second-order valence-corrected chi connectivity index (χ2v) is 3.19. The Morgan fingerprint density at radius 2 is 1.93 bits per heavy atom. The largest absolute Gasteiger partial charge is 0.397 e. The van der Waals surface area contributed by atoms with E-state index in [1.807, 2.05) is 13.0 Å². The smallest absolute Gasteiger partial charge is 0.133 e. The third kappa shape index (κ3) is 2.19. The fourth-order valence-corrected chi connectivity index (χ4v) is 1.23. The summed E-state index contributed by atoms with van der Waals surface area (Å²) < 4.78 is 0. The molecular weight excluding hydrogens is 190 g/mol. The molecule has 0 aliphatic heterocycles. The molecule has 0 aliphatic rings. The molecule has 76 valence electrons. The van der Waals surface area contributed by atoms with Gasteiger partial charge in [-0.2, -0.15) is 0 Å². The van der Waals surface area contributed by atoms with Crippen molar-refractivity contribution in [2.45, 2.75) is 6.92 Å². The lowest BCUT2D eigenvalue weighted by atomic mass is 10.2. The highest BCUT2D eigenvalue weighted by Gasteiger charge is 2.00. The second kappa shape index (κ2) is 3.91. The van der Waals surface area contributed by atoms with Crippen LogP contribution in [0.25, 0.3) is 0 Å². The normalized spacial score (nSPS) is 9.93. The maximum absolute atomic E-state index is 5.61. The van der Waals surface area contributed by atoms with Crippen LogP contribution in [0.2, 0.25) is 0 Å². The maximum atomic E-state index is 5.61. The Hall–Kier alpha value is -2.17. The van der Waals surface area contributed by atoms with Gasteiger partial charge in [0.1, 0.15) is 12.1 Å². The Labute approximate surface area is 87.4 Å². The lowest BCUT2D eigenvalue weighted by Crippen LogP contribution is -1.98. The van der Waals surface area contributed by atoms with E-state index in [9.17, 15) is 0 Å². The minimum absolute atomic E-state index is 0.655. The number of nitrogen functional groups attached to an aromatic ring is 1. The zero-order valence-corrected chi connectivity index (χ0v) is 8.31. The Bertz CT molecular complexity index is 455. The minimum atomic E-state index is 0.655. The molecule has 15 heavy (non-hydrogen) atoms. The number of nitrogens with two attached hydrogens (primary N) is 1. The number of aryl methyl sites for hydroxylation is 1. The Morgan fingerprint density at radius 1 is 1.20 bits per heavy atom. The van der Waals surface area contributed by atoms with Crippen LogP contribution in [-0.4, -0.2) is 15.0 Å². The van der Waals surface area contributed by atoms with Crippen LogP contribution in [0.4, 0.5) is 17.2 Å². The van der Waals surface area contributed by atoms with Crippen LogP contribution in [0.1, 0.15) is 5.56 Å². The molecule has 0 aliphatic carbocycles. The van der Waals surface area contributed by atoms with Crippen molar-refractivity contribution in [1.29, 1.82) is 0 Å². The Kier molecular flexibility index (Phi) is 2.45. The van der Waals surface area contributed by atoms with Crippen molar-refractivity contribution in [2.24, 2.45) is 0 Å².